The Morgan fingerprint density at radius 3 is 2.71 bits per heavy atom. The molecule has 0 aliphatic carbocycles. The Kier molecular flexibility index (Phi) is 3.28. The Balaban J connectivity index is 2.13. The van der Waals surface area contributed by atoms with Crippen LogP contribution in [0.25, 0.3) is 0 Å². The van der Waals surface area contributed by atoms with Gasteiger partial charge in [0.15, 0.2) is 0 Å². The highest BCUT2D eigenvalue weighted by Crippen LogP contribution is 2.19. The lowest BCUT2D eigenvalue weighted by Gasteiger charge is -2.23. The third-order valence-electron chi connectivity index (χ3n) is 2.85. The molecule has 0 spiro atoms. The fraction of sp³-hybridized carbons (Fsp3) is 0.214. The summed E-state index contributed by atoms with van der Waals surface area (Å²) in [4.78, 5) is 13.2. The minimum Gasteiger partial charge on any atom is -0.366 e. The third-order valence-corrected chi connectivity index (χ3v) is 2.85. The molecule has 2 rings (SSSR count). The van der Waals surface area contributed by atoms with E-state index < -0.39 is 0 Å². The first-order valence-corrected chi connectivity index (χ1v) is 5.66. The molecule has 1 aliphatic rings. The second-order valence-electron chi connectivity index (χ2n) is 4.24. The molecule has 3 heteroatoms. The first kappa shape index (κ1) is 11.5. The van der Waals surface area contributed by atoms with E-state index in [0.29, 0.717) is 5.57 Å². The fourth-order valence-corrected chi connectivity index (χ4v) is 1.86. The Morgan fingerprint density at radius 1 is 1.35 bits per heavy atom. The predicted molar refractivity (Wildman–Crippen MR) is 67.6 cm³/mol. The number of hydrogen-bond acceptors (Lipinski definition) is 2. The molecule has 1 aliphatic heterocycles. The van der Waals surface area contributed by atoms with E-state index in [1.165, 1.54) is 5.56 Å². The highest BCUT2D eigenvalue weighted by molar-refractivity contribution is 5.92. The average Bonchev–Trinajstić information content (AvgIpc) is 2.32. The summed E-state index contributed by atoms with van der Waals surface area (Å²) in [5.74, 6) is -0.251. The van der Waals surface area contributed by atoms with Gasteiger partial charge in [-0.05, 0) is 5.56 Å². The van der Waals surface area contributed by atoms with Gasteiger partial charge in [-0.15, -0.1) is 0 Å². The smallest absolute Gasteiger partial charge is 0.246 e. The minimum absolute atomic E-state index is 0.0968. The van der Waals surface area contributed by atoms with Gasteiger partial charge in [-0.2, -0.15) is 0 Å². The van der Waals surface area contributed by atoms with Gasteiger partial charge in [-0.3, -0.25) is 4.79 Å². The zero-order chi connectivity index (χ0) is 12.3. The van der Waals surface area contributed by atoms with Gasteiger partial charge >= 0.3 is 0 Å². The zero-order valence-electron chi connectivity index (χ0n) is 9.84. The summed E-state index contributed by atoms with van der Waals surface area (Å²) in [5.41, 5.74) is 7.20. The van der Waals surface area contributed by atoms with Crippen molar-refractivity contribution >= 4 is 5.91 Å². The second kappa shape index (κ2) is 4.87. The molecule has 0 aromatic heterocycles. The van der Waals surface area contributed by atoms with Gasteiger partial charge in [0.1, 0.15) is 0 Å². The number of carbonyl (C=O) groups excluding carboxylic acids is 1. The molecule has 1 amide bonds. The molecular weight excluding hydrogens is 212 g/mol. The van der Waals surface area contributed by atoms with Crippen LogP contribution in [0.5, 0.6) is 0 Å². The summed E-state index contributed by atoms with van der Waals surface area (Å²) in [6, 6.07) is 10.1. The van der Waals surface area contributed by atoms with Gasteiger partial charge in [0.2, 0.25) is 5.91 Å². The molecule has 3 nitrogen and oxygen atoms in total. The van der Waals surface area contributed by atoms with E-state index in [9.17, 15) is 4.79 Å². The maximum Gasteiger partial charge on any atom is 0.246 e. The lowest BCUT2D eigenvalue weighted by Crippen LogP contribution is -2.24. The van der Waals surface area contributed by atoms with Crippen molar-refractivity contribution in [1.29, 1.82) is 0 Å². The highest BCUT2D eigenvalue weighted by Gasteiger charge is 2.16. The summed E-state index contributed by atoms with van der Waals surface area (Å²) in [7, 11) is 0. The summed E-state index contributed by atoms with van der Waals surface area (Å²) in [6.45, 7) is 2.72. The lowest BCUT2D eigenvalue weighted by molar-refractivity contribution is -0.115. The van der Waals surface area contributed by atoms with Crippen molar-refractivity contribution in [2.75, 3.05) is 0 Å². The van der Waals surface area contributed by atoms with Crippen LogP contribution in [-0.2, 0) is 11.3 Å². The van der Waals surface area contributed by atoms with E-state index in [-0.39, 0.29) is 11.8 Å². The standard InChI is InChI=1S/C14H16N2O/c1-11-7-8-16(10-13(11)14(15)17)9-12-5-3-2-4-6-12/h2-8,10-11H,9H2,1H3,(H2,15,17). The third kappa shape index (κ3) is 2.75. The number of carbonyl (C=O) groups is 1. The molecule has 0 bridgehead atoms. The number of rotatable bonds is 3. The second-order valence-corrected chi connectivity index (χ2v) is 4.24. The van der Waals surface area contributed by atoms with E-state index in [2.05, 4.69) is 12.1 Å². The van der Waals surface area contributed by atoms with E-state index in [4.69, 9.17) is 5.73 Å². The maximum absolute atomic E-state index is 11.3. The SMILES string of the molecule is CC1C=CN(Cc2ccccc2)C=C1C(N)=O. The molecule has 0 radical (unpaired) electrons. The van der Waals surface area contributed by atoms with Crippen LogP contribution in [0.15, 0.2) is 54.4 Å². The topological polar surface area (TPSA) is 46.3 Å². The van der Waals surface area contributed by atoms with Crippen LogP contribution in [0, 0.1) is 5.92 Å². The number of nitrogens with two attached hydrogens (primary N) is 1. The lowest BCUT2D eigenvalue weighted by atomic mass is 9.99. The van der Waals surface area contributed by atoms with Crippen LogP contribution in [0.4, 0.5) is 0 Å². The Bertz CT molecular complexity index is 462. The van der Waals surface area contributed by atoms with Crippen LogP contribution in [0.1, 0.15) is 12.5 Å². The van der Waals surface area contributed by atoms with Crippen LogP contribution in [0.2, 0.25) is 0 Å². The molecule has 2 N–H and O–H groups in total. The molecule has 0 saturated carbocycles. The van der Waals surface area contributed by atoms with Gasteiger partial charge in [-0.25, -0.2) is 0 Å². The van der Waals surface area contributed by atoms with Gasteiger partial charge in [-0.1, -0.05) is 43.3 Å². The normalized spacial score (nSPS) is 19.0. The average molecular weight is 228 g/mol. The molecule has 88 valence electrons. The molecule has 1 atom stereocenters. The van der Waals surface area contributed by atoms with Crippen LogP contribution >= 0.6 is 0 Å². The van der Waals surface area contributed by atoms with Crippen molar-refractivity contribution in [2.24, 2.45) is 11.7 Å². The van der Waals surface area contributed by atoms with Crippen molar-refractivity contribution in [1.82, 2.24) is 4.90 Å². The van der Waals surface area contributed by atoms with E-state index in [0.717, 1.165) is 6.54 Å². The summed E-state index contributed by atoms with van der Waals surface area (Å²) in [6.07, 6.45) is 5.81. The molecule has 0 fully saturated rings. The molecule has 17 heavy (non-hydrogen) atoms. The summed E-state index contributed by atoms with van der Waals surface area (Å²) < 4.78 is 0. The van der Waals surface area contributed by atoms with Crippen molar-refractivity contribution in [3.05, 3.63) is 59.9 Å². The number of amides is 1. The molecular formula is C14H16N2O. The van der Waals surface area contributed by atoms with E-state index in [1.807, 2.05) is 48.5 Å². The maximum atomic E-state index is 11.3. The molecule has 1 aromatic carbocycles. The van der Waals surface area contributed by atoms with Crippen molar-refractivity contribution in [3.63, 3.8) is 0 Å². The Labute approximate surface area is 101 Å². The minimum atomic E-state index is -0.347. The predicted octanol–water partition coefficient (Wildman–Crippen LogP) is 2.02. The highest BCUT2D eigenvalue weighted by atomic mass is 16.1. The first-order valence-electron chi connectivity index (χ1n) is 5.66. The van der Waals surface area contributed by atoms with Gasteiger partial charge < -0.3 is 10.6 Å². The number of primary amides is 1. The van der Waals surface area contributed by atoms with Crippen LogP contribution < -0.4 is 5.73 Å². The summed E-state index contributed by atoms with van der Waals surface area (Å²) >= 11 is 0. The van der Waals surface area contributed by atoms with E-state index in [1.54, 1.807) is 0 Å². The number of benzene rings is 1. The molecule has 1 heterocycles. The largest absolute Gasteiger partial charge is 0.366 e. The number of nitrogens with zero attached hydrogens (tertiary/aromatic N) is 1. The van der Waals surface area contributed by atoms with Gasteiger partial charge in [0.05, 0.1) is 0 Å². The van der Waals surface area contributed by atoms with Crippen LogP contribution in [0.3, 0.4) is 0 Å². The van der Waals surface area contributed by atoms with Gasteiger partial charge in [0, 0.05) is 30.4 Å². The van der Waals surface area contributed by atoms with Crippen molar-refractivity contribution in [3.8, 4) is 0 Å². The quantitative estimate of drug-likeness (QED) is 0.860. The Morgan fingerprint density at radius 2 is 2.06 bits per heavy atom. The number of allylic oxidation sites excluding steroid dienone is 1. The zero-order valence-corrected chi connectivity index (χ0v) is 9.84. The molecule has 1 aromatic rings. The monoisotopic (exact) mass is 228 g/mol. The fourth-order valence-electron chi connectivity index (χ4n) is 1.86. The number of hydrogen-bond donors (Lipinski definition) is 1. The van der Waals surface area contributed by atoms with E-state index >= 15 is 0 Å². The molecule has 1 unspecified atom stereocenters. The van der Waals surface area contributed by atoms with Crippen molar-refractivity contribution < 1.29 is 4.79 Å². The first-order chi connectivity index (χ1) is 8.16. The van der Waals surface area contributed by atoms with Crippen LogP contribution in [-0.4, -0.2) is 10.8 Å². The van der Waals surface area contributed by atoms with Crippen molar-refractivity contribution in [2.45, 2.75) is 13.5 Å². The van der Waals surface area contributed by atoms with Gasteiger partial charge in [0.25, 0.3) is 0 Å². The Hall–Kier alpha value is -2.03. The molecule has 0 saturated heterocycles. The summed E-state index contributed by atoms with van der Waals surface area (Å²) in [5, 5.41) is 0.